The predicted molar refractivity (Wildman–Crippen MR) is 83.4 cm³/mol. The molecule has 0 aliphatic heterocycles. The molecule has 1 aromatic rings. The molecule has 1 aliphatic carbocycles. The number of rotatable bonds is 4. The molecule has 2 rings (SSSR count). The molecule has 2 N–H and O–H groups in total. The van der Waals surface area contributed by atoms with E-state index in [0.29, 0.717) is 11.6 Å². The fourth-order valence-electron chi connectivity index (χ4n) is 3.44. The van der Waals surface area contributed by atoms with Crippen molar-refractivity contribution in [2.24, 2.45) is 23.0 Å². The molecule has 1 aliphatic rings. The largest absolute Gasteiger partial charge is 0.330 e. The molecule has 1 aromatic carbocycles. The van der Waals surface area contributed by atoms with Crippen molar-refractivity contribution in [1.29, 1.82) is 0 Å². The molecule has 1 fully saturated rings. The Bertz CT molecular complexity index is 450. The van der Waals surface area contributed by atoms with Gasteiger partial charge in [0.1, 0.15) is 5.82 Å². The highest BCUT2D eigenvalue weighted by Crippen LogP contribution is 2.43. The van der Waals surface area contributed by atoms with Gasteiger partial charge >= 0.3 is 0 Å². The molecular formula is C17H25ClFN. The summed E-state index contributed by atoms with van der Waals surface area (Å²) in [6, 6.07) is 4.70. The predicted octanol–water partition coefficient (Wildman–Crippen LogP) is 4.81. The lowest BCUT2D eigenvalue weighted by Crippen LogP contribution is -2.37. The van der Waals surface area contributed by atoms with Crippen molar-refractivity contribution in [3.8, 4) is 0 Å². The van der Waals surface area contributed by atoms with Crippen molar-refractivity contribution in [2.75, 3.05) is 6.54 Å². The maximum Gasteiger partial charge on any atom is 0.124 e. The third kappa shape index (κ3) is 3.53. The maximum atomic E-state index is 13.1. The van der Waals surface area contributed by atoms with Crippen LogP contribution in [0.4, 0.5) is 4.39 Å². The lowest BCUT2D eigenvalue weighted by atomic mass is 9.65. The summed E-state index contributed by atoms with van der Waals surface area (Å²) in [5.41, 5.74) is 7.25. The van der Waals surface area contributed by atoms with Gasteiger partial charge in [0.2, 0.25) is 0 Å². The molecule has 0 saturated heterocycles. The van der Waals surface area contributed by atoms with E-state index in [-0.39, 0.29) is 11.2 Å². The van der Waals surface area contributed by atoms with Crippen LogP contribution in [0.2, 0.25) is 5.02 Å². The first-order chi connectivity index (χ1) is 9.46. The lowest BCUT2D eigenvalue weighted by molar-refractivity contribution is 0.132. The van der Waals surface area contributed by atoms with Crippen LogP contribution in [0.15, 0.2) is 18.2 Å². The van der Waals surface area contributed by atoms with Crippen molar-refractivity contribution in [1.82, 2.24) is 0 Å². The summed E-state index contributed by atoms with van der Waals surface area (Å²) in [5.74, 6) is 1.29. The van der Waals surface area contributed by atoms with E-state index >= 15 is 0 Å². The summed E-state index contributed by atoms with van der Waals surface area (Å²) < 4.78 is 13.1. The Labute approximate surface area is 126 Å². The Kier molecular flexibility index (Phi) is 5.09. The molecule has 0 heterocycles. The van der Waals surface area contributed by atoms with E-state index in [1.54, 1.807) is 0 Å². The van der Waals surface area contributed by atoms with E-state index in [4.69, 9.17) is 17.3 Å². The molecule has 0 atom stereocenters. The van der Waals surface area contributed by atoms with Crippen LogP contribution in [0.3, 0.4) is 0 Å². The highest BCUT2D eigenvalue weighted by atomic mass is 35.5. The Hall–Kier alpha value is -0.600. The Morgan fingerprint density at radius 3 is 2.50 bits per heavy atom. The van der Waals surface area contributed by atoms with Crippen LogP contribution in [0.25, 0.3) is 0 Å². The first kappa shape index (κ1) is 15.8. The van der Waals surface area contributed by atoms with E-state index in [1.165, 1.54) is 25.0 Å². The second-order valence-electron chi connectivity index (χ2n) is 6.70. The zero-order valence-corrected chi connectivity index (χ0v) is 13.2. The lowest BCUT2D eigenvalue weighted by Gasteiger charge is -2.41. The number of hydrogen-bond donors (Lipinski definition) is 1. The van der Waals surface area contributed by atoms with Gasteiger partial charge in [-0.15, -0.1) is 0 Å². The van der Waals surface area contributed by atoms with Crippen molar-refractivity contribution < 1.29 is 4.39 Å². The van der Waals surface area contributed by atoms with Gasteiger partial charge in [0, 0.05) is 5.02 Å². The van der Waals surface area contributed by atoms with Gasteiger partial charge in [-0.2, -0.15) is 0 Å². The van der Waals surface area contributed by atoms with E-state index in [2.05, 4.69) is 13.8 Å². The minimum atomic E-state index is -0.274. The molecule has 112 valence electrons. The Morgan fingerprint density at radius 1 is 1.35 bits per heavy atom. The van der Waals surface area contributed by atoms with Crippen molar-refractivity contribution in [3.05, 3.63) is 34.6 Å². The van der Waals surface area contributed by atoms with Crippen LogP contribution in [0, 0.1) is 23.1 Å². The van der Waals surface area contributed by atoms with Gasteiger partial charge in [-0.3, -0.25) is 0 Å². The smallest absolute Gasteiger partial charge is 0.124 e. The minimum absolute atomic E-state index is 0.146. The quantitative estimate of drug-likeness (QED) is 0.847. The van der Waals surface area contributed by atoms with Crippen LogP contribution in [-0.4, -0.2) is 6.54 Å². The standard InChI is InChI=1S/C17H25ClFN/c1-12(2)13-5-7-17(11-20,8-6-13)10-14-3-4-15(19)9-16(14)18/h3-4,9,12-13H,5-8,10-11,20H2,1-2H3. The van der Waals surface area contributed by atoms with Gasteiger partial charge in [0.05, 0.1) is 0 Å². The van der Waals surface area contributed by atoms with Crippen molar-refractivity contribution >= 4 is 11.6 Å². The Morgan fingerprint density at radius 2 is 2.00 bits per heavy atom. The highest BCUT2D eigenvalue weighted by Gasteiger charge is 2.35. The zero-order valence-electron chi connectivity index (χ0n) is 12.5. The second kappa shape index (κ2) is 6.44. The van der Waals surface area contributed by atoms with Gasteiger partial charge in [-0.05, 0) is 73.6 Å². The van der Waals surface area contributed by atoms with E-state index in [9.17, 15) is 4.39 Å². The average molecular weight is 298 g/mol. The van der Waals surface area contributed by atoms with Crippen LogP contribution < -0.4 is 5.73 Å². The van der Waals surface area contributed by atoms with Crippen LogP contribution >= 0.6 is 11.6 Å². The minimum Gasteiger partial charge on any atom is -0.330 e. The van der Waals surface area contributed by atoms with Crippen molar-refractivity contribution in [3.63, 3.8) is 0 Å². The molecule has 1 saturated carbocycles. The molecule has 0 amide bonds. The summed E-state index contributed by atoms with van der Waals surface area (Å²) in [4.78, 5) is 0. The van der Waals surface area contributed by atoms with Gasteiger partial charge in [-0.1, -0.05) is 31.5 Å². The normalized spacial score (nSPS) is 27.0. The maximum absolute atomic E-state index is 13.1. The van der Waals surface area contributed by atoms with Crippen molar-refractivity contribution in [2.45, 2.75) is 46.0 Å². The number of nitrogens with two attached hydrogens (primary N) is 1. The van der Waals surface area contributed by atoms with E-state index < -0.39 is 0 Å². The first-order valence-electron chi connectivity index (χ1n) is 7.60. The third-order valence-electron chi connectivity index (χ3n) is 5.05. The average Bonchev–Trinajstić information content (AvgIpc) is 2.42. The summed E-state index contributed by atoms with van der Waals surface area (Å²) in [6.07, 6.45) is 5.66. The molecule has 0 bridgehead atoms. The summed E-state index contributed by atoms with van der Waals surface area (Å²) in [5, 5.41) is 0.531. The molecule has 0 aromatic heterocycles. The molecule has 0 radical (unpaired) electrons. The van der Waals surface area contributed by atoms with E-state index in [1.807, 2.05) is 6.07 Å². The van der Waals surface area contributed by atoms with Gasteiger partial charge in [0.25, 0.3) is 0 Å². The SMILES string of the molecule is CC(C)C1CCC(CN)(Cc2ccc(F)cc2Cl)CC1. The fraction of sp³-hybridized carbons (Fsp3) is 0.647. The first-order valence-corrected chi connectivity index (χ1v) is 7.97. The second-order valence-corrected chi connectivity index (χ2v) is 7.11. The highest BCUT2D eigenvalue weighted by molar-refractivity contribution is 6.31. The molecule has 0 spiro atoms. The number of benzene rings is 1. The van der Waals surface area contributed by atoms with Gasteiger partial charge < -0.3 is 5.73 Å². The van der Waals surface area contributed by atoms with Gasteiger partial charge in [-0.25, -0.2) is 4.39 Å². The monoisotopic (exact) mass is 297 g/mol. The third-order valence-corrected chi connectivity index (χ3v) is 5.40. The molecule has 3 heteroatoms. The summed E-state index contributed by atoms with van der Waals surface area (Å²) >= 11 is 6.17. The van der Waals surface area contributed by atoms with Crippen LogP contribution in [0.1, 0.15) is 45.1 Å². The zero-order chi connectivity index (χ0) is 14.8. The number of halogens is 2. The van der Waals surface area contributed by atoms with Crippen LogP contribution in [-0.2, 0) is 6.42 Å². The number of hydrogen-bond acceptors (Lipinski definition) is 1. The molecule has 1 nitrogen and oxygen atoms in total. The fourth-order valence-corrected chi connectivity index (χ4v) is 3.68. The molecule has 20 heavy (non-hydrogen) atoms. The van der Waals surface area contributed by atoms with Gasteiger partial charge in [0.15, 0.2) is 0 Å². The topological polar surface area (TPSA) is 26.0 Å². The van der Waals surface area contributed by atoms with E-state index in [0.717, 1.165) is 36.7 Å². The van der Waals surface area contributed by atoms with Crippen LogP contribution in [0.5, 0.6) is 0 Å². The molecular weight excluding hydrogens is 273 g/mol. The summed E-state index contributed by atoms with van der Waals surface area (Å²) in [6.45, 7) is 5.29. The Balaban J connectivity index is 2.09. The molecule has 0 unspecified atom stereocenters. The summed E-state index contributed by atoms with van der Waals surface area (Å²) in [7, 11) is 0.